The number of aliphatic hydroxyl groups excluding tert-OH is 5. The molecule has 2 amide bonds. The Morgan fingerprint density at radius 2 is 0.923 bits per heavy atom. The number of carbonyl (C=O) groups excluding carboxylic acids is 2. The van der Waals surface area contributed by atoms with Crippen LogP contribution >= 0.6 is 0 Å². The van der Waals surface area contributed by atoms with Crippen LogP contribution in [-0.2, 0) is 23.8 Å². The van der Waals surface area contributed by atoms with Crippen LogP contribution in [0.4, 0.5) is 4.79 Å². The van der Waals surface area contributed by atoms with E-state index in [0.29, 0.717) is 12.8 Å². The molecule has 0 aromatic rings. The second-order valence-corrected chi connectivity index (χ2v) is 19.2. The monoisotopic (exact) mass is 931 g/mol. The van der Waals surface area contributed by atoms with E-state index in [9.17, 15) is 35.1 Å². The van der Waals surface area contributed by atoms with E-state index >= 15 is 0 Å². The Labute approximate surface area is 396 Å². The number of carbonyl (C=O) groups is 2. The molecule has 0 bridgehead atoms. The third kappa shape index (κ3) is 33.5. The van der Waals surface area contributed by atoms with Gasteiger partial charge in [0, 0.05) is 6.42 Å². The molecule has 0 spiro atoms. The van der Waals surface area contributed by atoms with E-state index in [1.807, 2.05) is 5.48 Å². The van der Waals surface area contributed by atoms with E-state index in [0.717, 1.165) is 44.9 Å². The van der Waals surface area contributed by atoms with Crippen LogP contribution in [0.3, 0.4) is 0 Å². The maximum atomic E-state index is 13.2. The third-order valence-corrected chi connectivity index (χ3v) is 13.2. The summed E-state index contributed by atoms with van der Waals surface area (Å²) in [7, 11) is 1.22. The van der Waals surface area contributed by atoms with Gasteiger partial charge >= 0.3 is 6.09 Å². The Morgan fingerprint density at radius 3 is 1.32 bits per heavy atom. The number of unbranched alkanes of at least 4 members (excludes halogenated alkanes) is 33. The van der Waals surface area contributed by atoms with Crippen LogP contribution < -0.4 is 10.8 Å². The Kier molecular flexibility index (Phi) is 41.3. The normalized spacial score (nSPS) is 20.1. The molecular weight excluding hydrogens is 829 g/mol. The molecule has 3 unspecified atom stereocenters. The molecule has 1 heterocycles. The number of ether oxygens (including phenoxy) is 3. The largest absolute Gasteiger partial charge is 0.445 e. The highest BCUT2D eigenvalue weighted by molar-refractivity contribution is 5.76. The molecule has 13 nitrogen and oxygen atoms in total. The van der Waals surface area contributed by atoms with Crippen molar-refractivity contribution in [2.24, 2.45) is 0 Å². The lowest BCUT2D eigenvalue weighted by Crippen LogP contribution is -2.60. The fraction of sp³-hybridized carbons (Fsp3) is 0.962. The first-order valence-corrected chi connectivity index (χ1v) is 27.1. The summed E-state index contributed by atoms with van der Waals surface area (Å²) in [6.45, 7) is 3.67. The lowest BCUT2D eigenvalue weighted by molar-refractivity contribution is -0.303. The molecule has 386 valence electrons. The Morgan fingerprint density at radius 1 is 0.538 bits per heavy atom. The van der Waals surface area contributed by atoms with Gasteiger partial charge in [0.15, 0.2) is 6.29 Å². The van der Waals surface area contributed by atoms with Crippen molar-refractivity contribution in [1.29, 1.82) is 0 Å². The quantitative estimate of drug-likeness (QED) is 0.0227. The van der Waals surface area contributed by atoms with Crippen molar-refractivity contribution >= 4 is 12.0 Å². The number of aliphatic hydroxyl groups is 5. The summed E-state index contributed by atoms with van der Waals surface area (Å²) in [5.74, 6) is -0.283. The van der Waals surface area contributed by atoms with Gasteiger partial charge in [0.25, 0.3) is 0 Å². The summed E-state index contributed by atoms with van der Waals surface area (Å²) < 4.78 is 16.4. The van der Waals surface area contributed by atoms with Crippen molar-refractivity contribution in [3.05, 3.63) is 0 Å². The van der Waals surface area contributed by atoms with Crippen molar-refractivity contribution in [3.63, 3.8) is 0 Å². The molecule has 1 saturated heterocycles. The van der Waals surface area contributed by atoms with E-state index in [1.54, 1.807) is 0 Å². The summed E-state index contributed by atoms with van der Waals surface area (Å²) >= 11 is 0. The average molecular weight is 931 g/mol. The first-order valence-electron chi connectivity index (χ1n) is 27.1. The molecule has 13 heteroatoms. The maximum absolute atomic E-state index is 13.2. The molecule has 0 saturated carbocycles. The average Bonchev–Trinajstić information content (AvgIpc) is 3.30. The third-order valence-electron chi connectivity index (χ3n) is 13.2. The first-order chi connectivity index (χ1) is 31.7. The van der Waals surface area contributed by atoms with Crippen molar-refractivity contribution in [2.75, 3.05) is 20.3 Å². The van der Waals surface area contributed by atoms with E-state index in [1.165, 1.54) is 180 Å². The van der Waals surface area contributed by atoms with E-state index in [2.05, 4.69) is 24.0 Å². The van der Waals surface area contributed by atoms with Crippen molar-refractivity contribution in [2.45, 2.75) is 300 Å². The molecule has 7 N–H and O–H groups in total. The molecule has 8 atom stereocenters. The number of hydrogen-bond acceptors (Lipinski definition) is 11. The lowest BCUT2D eigenvalue weighted by atomic mass is 9.98. The zero-order chi connectivity index (χ0) is 47.6. The summed E-state index contributed by atoms with van der Waals surface area (Å²) in [6, 6.07) is -1.04. The molecule has 1 rings (SSSR count). The summed E-state index contributed by atoms with van der Waals surface area (Å²) in [4.78, 5) is 29.4. The van der Waals surface area contributed by atoms with Crippen LogP contribution in [0.15, 0.2) is 0 Å². The number of rotatable bonds is 46. The molecule has 1 aliphatic rings. The van der Waals surface area contributed by atoms with Gasteiger partial charge in [-0.3, -0.25) is 9.63 Å². The summed E-state index contributed by atoms with van der Waals surface area (Å²) in [6.07, 6.45) is 33.4. The maximum Gasteiger partial charge on any atom is 0.431 e. The molecular formula is C52H102N2O11. The van der Waals surface area contributed by atoms with Gasteiger partial charge in [0.1, 0.15) is 37.1 Å². The highest BCUT2D eigenvalue weighted by atomic mass is 16.7. The fourth-order valence-corrected chi connectivity index (χ4v) is 8.87. The molecule has 0 radical (unpaired) electrons. The molecule has 0 aromatic carbocycles. The minimum absolute atomic E-state index is 0.258. The number of hydrogen-bond donors (Lipinski definition) is 7. The standard InChI is InChI=1S/C52H102N2O11/c1-4-6-8-10-12-14-16-18-19-20-21-22-23-24-25-26-27-28-30-32-34-36-38-40-46(56)53-43(47(57)44(55)39-37-35-33-31-29-17-15-13-11-9-7-5-2)41-63-51-50(60)49(59)48(58)45(65-51)42-64-52(61)54-62-3/h43-45,47-51,55,57-60H,4-42H2,1-3H3,(H,53,56)(H,54,61)/t43?,44?,45-,47?,48+,49+,50-,51+/m1/s1. The van der Waals surface area contributed by atoms with Gasteiger partial charge < -0.3 is 45.1 Å². The van der Waals surface area contributed by atoms with Crippen molar-refractivity contribution in [1.82, 2.24) is 10.8 Å². The van der Waals surface area contributed by atoms with Crippen LogP contribution in [0.2, 0.25) is 0 Å². The van der Waals surface area contributed by atoms with Gasteiger partial charge in [-0.2, -0.15) is 5.48 Å². The first kappa shape index (κ1) is 61.4. The minimum atomic E-state index is -1.69. The topological polar surface area (TPSA) is 196 Å². The van der Waals surface area contributed by atoms with Gasteiger partial charge in [-0.05, 0) is 12.8 Å². The van der Waals surface area contributed by atoms with Crippen molar-refractivity contribution < 1.29 is 54.2 Å². The summed E-state index contributed by atoms with van der Waals surface area (Å²) in [5, 5.41) is 56.7. The second kappa shape index (κ2) is 43.7. The van der Waals surface area contributed by atoms with Gasteiger partial charge in [0.2, 0.25) is 5.91 Å². The molecule has 0 aliphatic carbocycles. The van der Waals surface area contributed by atoms with Crippen LogP contribution in [0.25, 0.3) is 0 Å². The lowest BCUT2D eigenvalue weighted by Gasteiger charge is -2.40. The smallest absolute Gasteiger partial charge is 0.431 e. The van der Waals surface area contributed by atoms with Gasteiger partial charge in [0.05, 0.1) is 25.9 Å². The Bertz CT molecular complexity index is 1070. The van der Waals surface area contributed by atoms with Crippen LogP contribution in [-0.4, -0.2) is 107 Å². The van der Waals surface area contributed by atoms with E-state index < -0.39 is 61.7 Å². The van der Waals surface area contributed by atoms with E-state index in [-0.39, 0.29) is 18.9 Å². The van der Waals surface area contributed by atoms with Crippen molar-refractivity contribution in [3.8, 4) is 0 Å². The zero-order valence-electron chi connectivity index (χ0n) is 41.9. The van der Waals surface area contributed by atoms with Crippen LogP contribution in [0.5, 0.6) is 0 Å². The highest BCUT2D eigenvalue weighted by Gasteiger charge is 2.45. The number of hydroxylamine groups is 1. The second-order valence-electron chi connectivity index (χ2n) is 19.2. The fourth-order valence-electron chi connectivity index (χ4n) is 8.87. The molecule has 0 aromatic heterocycles. The van der Waals surface area contributed by atoms with Gasteiger partial charge in [-0.15, -0.1) is 0 Å². The number of nitrogens with one attached hydrogen (secondary N) is 2. The molecule has 65 heavy (non-hydrogen) atoms. The summed E-state index contributed by atoms with van der Waals surface area (Å²) in [5.41, 5.74) is 1.97. The predicted octanol–water partition coefficient (Wildman–Crippen LogP) is 10.8. The highest BCUT2D eigenvalue weighted by Crippen LogP contribution is 2.24. The van der Waals surface area contributed by atoms with Crippen LogP contribution in [0.1, 0.15) is 251 Å². The zero-order valence-corrected chi connectivity index (χ0v) is 41.9. The van der Waals surface area contributed by atoms with Crippen LogP contribution in [0, 0.1) is 0 Å². The Hall–Kier alpha value is -1.58. The SMILES string of the molecule is CCCCCCCCCCCCCCCCCCCCCCCCCC(=O)NC(CO[C@H]1O[C@H](COC(=O)NOC)[C@H](O)[C@H](O)[C@H]1O)C(O)C(O)CCCCCCCCCCCCCC. The number of amides is 2. The Balaban J connectivity index is 2.40. The van der Waals surface area contributed by atoms with E-state index in [4.69, 9.17) is 14.2 Å². The molecule has 1 fully saturated rings. The van der Waals surface area contributed by atoms with Gasteiger partial charge in [-0.1, -0.05) is 232 Å². The molecule has 1 aliphatic heterocycles. The van der Waals surface area contributed by atoms with Gasteiger partial charge in [-0.25, -0.2) is 4.79 Å². The minimum Gasteiger partial charge on any atom is -0.445 e. The predicted molar refractivity (Wildman–Crippen MR) is 260 cm³/mol.